The lowest BCUT2D eigenvalue weighted by atomic mass is 10.2. The maximum Gasteiger partial charge on any atom is 0.244 e. The second-order valence-electron chi connectivity index (χ2n) is 5.15. The minimum atomic E-state index is -3.70. The molecule has 0 atom stereocenters. The molecule has 0 bridgehead atoms. The van der Waals surface area contributed by atoms with Crippen molar-refractivity contribution in [1.29, 1.82) is 0 Å². The molecule has 0 fully saturated rings. The number of nitrogens with zero attached hydrogens (tertiary/aromatic N) is 3. The van der Waals surface area contributed by atoms with Gasteiger partial charge in [-0.1, -0.05) is 13.0 Å². The van der Waals surface area contributed by atoms with Gasteiger partial charge in [-0.25, -0.2) is 13.1 Å². The fraction of sp³-hybridized carbons (Fsp3) is 0.467. The molecule has 2 rings (SSSR count). The van der Waals surface area contributed by atoms with Gasteiger partial charge in [0.25, 0.3) is 0 Å². The Balaban J connectivity index is 2.22. The molecular weight excluding hydrogens is 316 g/mol. The zero-order chi connectivity index (χ0) is 16.9. The highest BCUT2D eigenvalue weighted by molar-refractivity contribution is 7.89. The van der Waals surface area contributed by atoms with E-state index in [9.17, 15) is 8.42 Å². The summed E-state index contributed by atoms with van der Waals surface area (Å²) in [4.78, 5) is 0.140. The standard InChI is InChI=1S/C15H22N4O3S/c1-4-8-19-11-16-18-15(19)10-17-23(20,21)14-9-12(3)6-7-13(14)22-5-2/h6-7,9,11,17H,4-5,8,10H2,1-3H3. The number of nitrogens with one attached hydrogen (secondary N) is 1. The Hall–Kier alpha value is -1.93. The molecule has 126 valence electrons. The van der Waals surface area contributed by atoms with E-state index in [1.807, 2.05) is 31.4 Å². The first-order valence-electron chi connectivity index (χ1n) is 7.57. The number of sulfonamides is 1. The van der Waals surface area contributed by atoms with Crippen LogP contribution in [0, 0.1) is 6.92 Å². The molecule has 1 aromatic carbocycles. The number of hydrogen-bond acceptors (Lipinski definition) is 5. The molecule has 0 aliphatic heterocycles. The van der Waals surface area contributed by atoms with Crippen molar-refractivity contribution in [3.63, 3.8) is 0 Å². The van der Waals surface area contributed by atoms with Gasteiger partial charge >= 0.3 is 0 Å². The second kappa shape index (κ2) is 7.56. The molecule has 7 nitrogen and oxygen atoms in total. The molecule has 2 aromatic rings. The average molecular weight is 338 g/mol. The Kier molecular flexibility index (Phi) is 5.73. The normalized spacial score (nSPS) is 11.6. The minimum Gasteiger partial charge on any atom is -0.492 e. The Labute approximate surface area is 136 Å². The van der Waals surface area contributed by atoms with Crippen LogP contribution in [-0.4, -0.2) is 29.8 Å². The van der Waals surface area contributed by atoms with Gasteiger partial charge in [0.05, 0.1) is 13.2 Å². The third kappa shape index (κ3) is 4.29. The molecule has 0 radical (unpaired) electrons. The first-order chi connectivity index (χ1) is 11.0. The first-order valence-corrected chi connectivity index (χ1v) is 9.06. The Morgan fingerprint density at radius 3 is 2.78 bits per heavy atom. The van der Waals surface area contributed by atoms with Gasteiger partial charge in [0.2, 0.25) is 10.0 Å². The van der Waals surface area contributed by atoms with Crippen molar-refractivity contribution < 1.29 is 13.2 Å². The molecular formula is C15H22N4O3S. The summed E-state index contributed by atoms with van der Waals surface area (Å²) in [5, 5.41) is 7.79. The second-order valence-corrected chi connectivity index (χ2v) is 6.88. The number of hydrogen-bond donors (Lipinski definition) is 1. The molecule has 1 N–H and O–H groups in total. The van der Waals surface area contributed by atoms with Crippen molar-refractivity contribution in [2.45, 2.75) is 45.2 Å². The molecule has 1 heterocycles. The minimum absolute atomic E-state index is 0.0852. The number of aryl methyl sites for hydroxylation is 2. The van der Waals surface area contributed by atoms with E-state index in [1.165, 1.54) is 0 Å². The van der Waals surface area contributed by atoms with Gasteiger partial charge in [0.15, 0.2) is 0 Å². The summed E-state index contributed by atoms with van der Waals surface area (Å²) in [6.07, 6.45) is 2.52. The maximum absolute atomic E-state index is 12.6. The van der Waals surface area contributed by atoms with E-state index in [0.29, 0.717) is 18.2 Å². The number of rotatable bonds is 8. The van der Waals surface area contributed by atoms with Crippen LogP contribution in [0.15, 0.2) is 29.4 Å². The summed E-state index contributed by atoms with van der Waals surface area (Å²) in [6, 6.07) is 5.10. The Bertz CT molecular complexity index is 756. The molecule has 0 spiro atoms. The largest absolute Gasteiger partial charge is 0.492 e. The van der Waals surface area contributed by atoms with Crippen LogP contribution >= 0.6 is 0 Å². The summed E-state index contributed by atoms with van der Waals surface area (Å²) in [7, 11) is -3.70. The fourth-order valence-electron chi connectivity index (χ4n) is 2.18. The lowest BCUT2D eigenvalue weighted by molar-refractivity contribution is 0.331. The Morgan fingerprint density at radius 1 is 1.30 bits per heavy atom. The lowest BCUT2D eigenvalue weighted by Crippen LogP contribution is -2.25. The van der Waals surface area contributed by atoms with Crippen molar-refractivity contribution in [3.8, 4) is 5.75 Å². The summed E-state index contributed by atoms with van der Waals surface area (Å²) in [6.45, 7) is 6.93. The highest BCUT2D eigenvalue weighted by Gasteiger charge is 2.20. The van der Waals surface area contributed by atoms with E-state index >= 15 is 0 Å². The van der Waals surface area contributed by atoms with Crippen LogP contribution in [0.25, 0.3) is 0 Å². The molecule has 0 amide bonds. The van der Waals surface area contributed by atoms with Crippen molar-refractivity contribution in [3.05, 3.63) is 35.9 Å². The predicted molar refractivity (Wildman–Crippen MR) is 86.7 cm³/mol. The molecule has 0 saturated carbocycles. The topological polar surface area (TPSA) is 86.1 Å². The van der Waals surface area contributed by atoms with Crippen molar-refractivity contribution in [2.24, 2.45) is 0 Å². The average Bonchev–Trinajstić information content (AvgIpc) is 2.95. The zero-order valence-corrected chi connectivity index (χ0v) is 14.4. The third-order valence-corrected chi connectivity index (χ3v) is 4.69. The van der Waals surface area contributed by atoms with Gasteiger partial charge < -0.3 is 9.30 Å². The van der Waals surface area contributed by atoms with Gasteiger partial charge in [-0.15, -0.1) is 10.2 Å². The maximum atomic E-state index is 12.6. The molecule has 1 aromatic heterocycles. The van der Waals surface area contributed by atoms with E-state index in [0.717, 1.165) is 18.5 Å². The highest BCUT2D eigenvalue weighted by Crippen LogP contribution is 2.25. The van der Waals surface area contributed by atoms with Crippen LogP contribution in [-0.2, 0) is 23.1 Å². The monoisotopic (exact) mass is 338 g/mol. The van der Waals surface area contributed by atoms with E-state index in [-0.39, 0.29) is 11.4 Å². The fourth-order valence-corrected chi connectivity index (χ4v) is 3.39. The number of ether oxygens (including phenoxy) is 1. The quantitative estimate of drug-likeness (QED) is 0.794. The smallest absolute Gasteiger partial charge is 0.244 e. The molecule has 0 saturated heterocycles. The SMILES string of the molecule is CCCn1cnnc1CNS(=O)(=O)c1cc(C)ccc1OCC. The zero-order valence-electron chi connectivity index (χ0n) is 13.6. The van der Waals surface area contributed by atoms with E-state index in [2.05, 4.69) is 14.9 Å². The van der Waals surface area contributed by atoms with Gasteiger partial charge in [-0.05, 0) is 38.0 Å². The van der Waals surface area contributed by atoms with Crippen molar-refractivity contribution >= 4 is 10.0 Å². The summed E-state index contributed by atoms with van der Waals surface area (Å²) < 4.78 is 35.0. The molecule has 23 heavy (non-hydrogen) atoms. The van der Waals surface area contributed by atoms with Crippen molar-refractivity contribution in [2.75, 3.05) is 6.61 Å². The summed E-state index contributed by atoms with van der Waals surface area (Å²) in [5.41, 5.74) is 0.850. The summed E-state index contributed by atoms with van der Waals surface area (Å²) >= 11 is 0. The van der Waals surface area contributed by atoms with Crippen LogP contribution in [0.3, 0.4) is 0 Å². The third-order valence-electron chi connectivity index (χ3n) is 3.27. The number of benzene rings is 1. The van der Waals surface area contributed by atoms with E-state index in [4.69, 9.17) is 4.74 Å². The van der Waals surface area contributed by atoms with Crippen LogP contribution in [0.5, 0.6) is 5.75 Å². The van der Waals surface area contributed by atoms with Gasteiger partial charge in [-0.3, -0.25) is 0 Å². The van der Waals surface area contributed by atoms with Gasteiger partial charge in [-0.2, -0.15) is 0 Å². The van der Waals surface area contributed by atoms with Crippen LogP contribution in [0.4, 0.5) is 0 Å². The van der Waals surface area contributed by atoms with E-state index in [1.54, 1.807) is 18.5 Å². The van der Waals surface area contributed by atoms with Gasteiger partial charge in [0.1, 0.15) is 22.8 Å². The van der Waals surface area contributed by atoms with Crippen LogP contribution in [0.2, 0.25) is 0 Å². The highest BCUT2D eigenvalue weighted by atomic mass is 32.2. The van der Waals surface area contributed by atoms with E-state index < -0.39 is 10.0 Å². The molecule has 0 aliphatic carbocycles. The Morgan fingerprint density at radius 2 is 2.09 bits per heavy atom. The lowest BCUT2D eigenvalue weighted by Gasteiger charge is -2.13. The number of aromatic nitrogens is 3. The molecule has 0 aliphatic rings. The molecule has 8 heteroatoms. The van der Waals surface area contributed by atoms with Crippen molar-refractivity contribution in [1.82, 2.24) is 19.5 Å². The van der Waals surface area contributed by atoms with Crippen LogP contribution in [0.1, 0.15) is 31.7 Å². The summed E-state index contributed by atoms with van der Waals surface area (Å²) in [5.74, 6) is 0.932. The van der Waals surface area contributed by atoms with Crippen LogP contribution < -0.4 is 9.46 Å². The molecule has 0 unspecified atom stereocenters. The first kappa shape index (κ1) is 17.4. The predicted octanol–water partition coefficient (Wildman–Crippen LogP) is 1.87. The van der Waals surface area contributed by atoms with Gasteiger partial charge in [0, 0.05) is 6.54 Å².